The summed E-state index contributed by atoms with van der Waals surface area (Å²) in [5, 5.41) is 5.13. The van der Waals surface area contributed by atoms with Gasteiger partial charge in [0, 0.05) is 31.2 Å². The van der Waals surface area contributed by atoms with Crippen LogP contribution in [0.15, 0.2) is 47.4 Å². The Morgan fingerprint density at radius 1 is 1.12 bits per heavy atom. The third-order valence-corrected chi connectivity index (χ3v) is 8.01. The van der Waals surface area contributed by atoms with E-state index >= 15 is 0 Å². The van der Waals surface area contributed by atoms with Crippen LogP contribution in [-0.4, -0.2) is 50.8 Å². The molecule has 1 aliphatic heterocycles. The first-order valence-corrected chi connectivity index (χ1v) is 12.6. The normalized spacial score (nSPS) is 16.6. The van der Waals surface area contributed by atoms with E-state index in [1.165, 1.54) is 23.5 Å². The molecule has 2 aromatic carbocycles. The van der Waals surface area contributed by atoms with E-state index in [0.717, 1.165) is 24.5 Å². The lowest BCUT2D eigenvalue weighted by Crippen LogP contribution is -2.46. The molecule has 1 atom stereocenters. The highest BCUT2D eigenvalue weighted by Gasteiger charge is 2.34. The number of benzene rings is 2. The number of ether oxygens (including phenoxy) is 1. The molecule has 34 heavy (non-hydrogen) atoms. The van der Waals surface area contributed by atoms with Crippen LogP contribution in [0.25, 0.3) is 0 Å². The van der Waals surface area contributed by atoms with Crippen LogP contribution in [0.5, 0.6) is 5.75 Å². The summed E-state index contributed by atoms with van der Waals surface area (Å²) in [5.41, 5.74) is 1.09. The third-order valence-electron chi connectivity index (χ3n) is 5.90. The Morgan fingerprint density at radius 3 is 2.59 bits per heavy atom. The first kappa shape index (κ1) is 25.6. The van der Waals surface area contributed by atoms with Crippen molar-refractivity contribution >= 4 is 21.8 Å². The van der Waals surface area contributed by atoms with Crippen LogP contribution in [0.3, 0.4) is 0 Å². The van der Waals surface area contributed by atoms with Crippen LogP contribution >= 0.6 is 0 Å². The van der Waals surface area contributed by atoms with Crippen molar-refractivity contribution in [1.29, 1.82) is 0 Å². The quantitative estimate of drug-likeness (QED) is 0.552. The van der Waals surface area contributed by atoms with Crippen molar-refractivity contribution in [2.45, 2.75) is 50.1 Å². The summed E-state index contributed by atoms with van der Waals surface area (Å²) in [5.74, 6) is -1.44. The number of hydrogen-bond acceptors (Lipinski definition) is 5. The second-order valence-electron chi connectivity index (χ2n) is 8.21. The first-order chi connectivity index (χ1) is 16.2. The van der Waals surface area contributed by atoms with Crippen LogP contribution in [-0.2, 0) is 26.2 Å². The Balaban J connectivity index is 1.56. The van der Waals surface area contributed by atoms with Gasteiger partial charge in [-0.15, -0.1) is 0 Å². The largest absolute Gasteiger partial charge is 0.496 e. The van der Waals surface area contributed by atoms with Gasteiger partial charge in [0.15, 0.2) is 0 Å². The number of piperidine rings is 1. The summed E-state index contributed by atoms with van der Waals surface area (Å²) in [4.78, 5) is 24.5. The summed E-state index contributed by atoms with van der Waals surface area (Å²) in [7, 11) is -2.28. The number of para-hydroxylation sites is 1. The maximum atomic E-state index is 13.5. The Morgan fingerprint density at radius 2 is 1.85 bits per heavy atom. The van der Waals surface area contributed by atoms with E-state index in [1.54, 1.807) is 19.1 Å². The van der Waals surface area contributed by atoms with Crippen molar-refractivity contribution < 1.29 is 27.1 Å². The summed E-state index contributed by atoms with van der Waals surface area (Å²) in [6.07, 6.45) is 2.61. The highest BCUT2D eigenvalue weighted by molar-refractivity contribution is 7.89. The standard InChI is InChI=1S/C24H30FN3O5S/c1-17-15-19(25)10-11-22(17)34(31,32)28-14-6-5-8-20(28)12-13-26-23(29)24(30)27-16-18-7-3-4-9-21(18)33-2/h3-4,7,9-11,15,20H,5-6,8,12-14,16H2,1-2H3,(H,26,29)(H,27,30). The van der Waals surface area contributed by atoms with Gasteiger partial charge in [-0.05, 0) is 56.0 Å². The summed E-state index contributed by atoms with van der Waals surface area (Å²) in [6, 6.07) is 10.5. The van der Waals surface area contributed by atoms with Crippen molar-refractivity contribution in [2.75, 3.05) is 20.2 Å². The van der Waals surface area contributed by atoms with E-state index < -0.39 is 27.7 Å². The maximum absolute atomic E-state index is 13.5. The van der Waals surface area contributed by atoms with Gasteiger partial charge in [-0.1, -0.05) is 24.6 Å². The zero-order valence-corrected chi connectivity index (χ0v) is 20.2. The minimum atomic E-state index is -3.81. The van der Waals surface area contributed by atoms with Gasteiger partial charge in [-0.2, -0.15) is 4.31 Å². The van der Waals surface area contributed by atoms with Crippen LogP contribution in [0.1, 0.15) is 36.8 Å². The van der Waals surface area contributed by atoms with E-state index in [1.807, 2.05) is 12.1 Å². The van der Waals surface area contributed by atoms with Gasteiger partial charge in [-0.25, -0.2) is 12.8 Å². The third kappa shape index (κ3) is 6.12. The molecule has 2 aromatic rings. The van der Waals surface area contributed by atoms with Crippen molar-refractivity contribution in [3.63, 3.8) is 0 Å². The molecule has 2 N–H and O–H groups in total. The Bertz CT molecular complexity index is 1140. The minimum absolute atomic E-state index is 0.0838. The number of aryl methyl sites for hydroxylation is 1. The smallest absolute Gasteiger partial charge is 0.309 e. The molecule has 184 valence electrons. The molecule has 3 rings (SSSR count). The number of nitrogens with one attached hydrogen (secondary N) is 2. The first-order valence-electron chi connectivity index (χ1n) is 11.2. The fraction of sp³-hybridized carbons (Fsp3) is 0.417. The number of sulfonamides is 1. The number of halogens is 1. The molecule has 1 heterocycles. The number of methoxy groups -OCH3 is 1. The molecule has 0 aliphatic carbocycles. The number of nitrogens with zero attached hydrogens (tertiary/aromatic N) is 1. The average Bonchev–Trinajstić information content (AvgIpc) is 2.82. The fourth-order valence-corrected chi connectivity index (χ4v) is 6.08. The van der Waals surface area contributed by atoms with Crippen LogP contribution in [0.4, 0.5) is 4.39 Å². The second kappa shape index (κ2) is 11.4. The molecule has 1 aliphatic rings. The minimum Gasteiger partial charge on any atom is -0.496 e. The highest BCUT2D eigenvalue weighted by Crippen LogP contribution is 2.28. The van der Waals surface area contributed by atoms with E-state index in [-0.39, 0.29) is 24.0 Å². The number of rotatable bonds is 8. The molecule has 0 aromatic heterocycles. The second-order valence-corrected chi connectivity index (χ2v) is 10.1. The molecule has 1 saturated heterocycles. The fourth-order valence-electron chi connectivity index (χ4n) is 4.14. The molecule has 2 amide bonds. The van der Waals surface area contributed by atoms with Gasteiger partial charge in [0.25, 0.3) is 0 Å². The van der Waals surface area contributed by atoms with Crippen molar-refractivity contribution in [2.24, 2.45) is 0 Å². The van der Waals surface area contributed by atoms with Crippen LogP contribution in [0.2, 0.25) is 0 Å². The molecule has 0 spiro atoms. The topological polar surface area (TPSA) is 105 Å². The van der Waals surface area contributed by atoms with Gasteiger partial charge in [-0.3, -0.25) is 9.59 Å². The van der Waals surface area contributed by atoms with Gasteiger partial charge in [0.1, 0.15) is 11.6 Å². The molecular weight excluding hydrogens is 461 g/mol. The lowest BCUT2D eigenvalue weighted by Gasteiger charge is -2.35. The van der Waals surface area contributed by atoms with Gasteiger partial charge < -0.3 is 15.4 Å². The average molecular weight is 492 g/mol. The number of carbonyl (C=O) groups is 2. The summed E-state index contributed by atoms with van der Waals surface area (Å²) < 4.78 is 46.6. The molecule has 0 bridgehead atoms. The number of carbonyl (C=O) groups excluding carboxylic acids is 2. The lowest BCUT2D eigenvalue weighted by molar-refractivity contribution is -0.139. The molecule has 1 unspecified atom stereocenters. The summed E-state index contributed by atoms with van der Waals surface area (Å²) >= 11 is 0. The SMILES string of the molecule is COc1ccccc1CNC(=O)C(=O)NCCC1CCCCN1S(=O)(=O)c1ccc(F)cc1C. The van der Waals surface area contributed by atoms with Crippen LogP contribution < -0.4 is 15.4 Å². The van der Waals surface area contributed by atoms with Crippen molar-refractivity contribution in [3.05, 3.63) is 59.4 Å². The summed E-state index contributed by atoms with van der Waals surface area (Å²) in [6.45, 7) is 2.22. The molecule has 0 saturated carbocycles. The van der Waals surface area contributed by atoms with E-state index in [4.69, 9.17) is 4.74 Å². The monoisotopic (exact) mass is 491 g/mol. The Hall–Kier alpha value is -2.98. The number of amides is 2. The Labute approximate surface area is 199 Å². The zero-order chi connectivity index (χ0) is 24.7. The molecule has 8 nitrogen and oxygen atoms in total. The van der Waals surface area contributed by atoms with E-state index in [0.29, 0.717) is 30.7 Å². The predicted molar refractivity (Wildman–Crippen MR) is 125 cm³/mol. The highest BCUT2D eigenvalue weighted by atomic mass is 32.2. The van der Waals surface area contributed by atoms with Gasteiger partial charge in [0.2, 0.25) is 10.0 Å². The van der Waals surface area contributed by atoms with Gasteiger partial charge in [0.05, 0.1) is 12.0 Å². The predicted octanol–water partition coefficient (Wildman–Crippen LogP) is 2.51. The Kier molecular flexibility index (Phi) is 8.62. The van der Waals surface area contributed by atoms with Crippen LogP contribution in [0, 0.1) is 12.7 Å². The maximum Gasteiger partial charge on any atom is 0.309 e. The zero-order valence-electron chi connectivity index (χ0n) is 19.3. The molecule has 1 fully saturated rings. The number of hydrogen-bond donors (Lipinski definition) is 2. The van der Waals surface area contributed by atoms with Gasteiger partial charge >= 0.3 is 11.8 Å². The van der Waals surface area contributed by atoms with E-state index in [2.05, 4.69) is 10.6 Å². The molecule has 0 radical (unpaired) electrons. The van der Waals surface area contributed by atoms with E-state index in [9.17, 15) is 22.4 Å². The van der Waals surface area contributed by atoms with Crippen molar-refractivity contribution in [1.82, 2.24) is 14.9 Å². The molecule has 10 heteroatoms. The van der Waals surface area contributed by atoms with Crippen molar-refractivity contribution in [3.8, 4) is 5.75 Å². The lowest BCUT2D eigenvalue weighted by atomic mass is 10.0. The molecular formula is C24H30FN3O5S.